The predicted octanol–water partition coefficient (Wildman–Crippen LogP) is 5.26. The number of halogens is 1. The first kappa shape index (κ1) is 67.6. The number of nitrogens with one attached hydrogen (secondary N) is 8. The summed E-state index contributed by atoms with van der Waals surface area (Å²) in [4.78, 5) is 130. The maximum atomic E-state index is 14.6. The zero-order valence-corrected chi connectivity index (χ0v) is 50.7. The lowest BCUT2D eigenvalue weighted by atomic mass is 9.83. The highest BCUT2D eigenvalue weighted by atomic mass is 19.1. The molecule has 79 heavy (non-hydrogen) atoms. The molecule has 446 valence electrons. The summed E-state index contributed by atoms with van der Waals surface area (Å²) >= 11 is 0. The first-order valence-corrected chi connectivity index (χ1v) is 28.7. The van der Waals surface area contributed by atoms with Crippen molar-refractivity contribution in [1.82, 2.24) is 52.3 Å². The molecule has 1 aliphatic carbocycles. The number of amides is 9. The molecule has 0 spiro atoms. The molecule has 1 aliphatic heterocycles. The average Bonchev–Trinajstić information content (AvgIpc) is 3.67. The highest BCUT2D eigenvalue weighted by molar-refractivity contribution is 6.01. The van der Waals surface area contributed by atoms with E-state index in [1.54, 1.807) is 13.8 Å². The molecular formula is C59H99FN10O9. The second-order valence-electron chi connectivity index (χ2n) is 26.3. The van der Waals surface area contributed by atoms with Crippen LogP contribution in [0.2, 0.25) is 0 Å². The second-order valence-corrected chi connectivity index (χ2v) is 26.3. The summed E-state index contributed by atoms with van der Waals surface area (Å²) in [5.74, 6) is -5.72. The number of rotatable bonds is 28. The Morgan fingerprint density at radius 1 is 0.595 bits per heavy atom. The summed E-state index contributed by atoms with van der Waals surface area (Å²) < 4.78 is 13.8. The van der Waals surface area contributed by atoms with Crippen LogP contribution in [0.1, 0.15) is 185 Å². The van der Waals surface area contributed by atoms with Crippen molar-refractivity contribution in [1.29, 1.82) is 0 Å². The van der Waals surface area contributed by atoms with Crippen LogP contribution in [0.25, 0.3) is 0 Å². The Labute approximate surface area is 470 Å². The van der Waals surface area contributed by atoms with Gasteiger partial charge in [0.05, 0.1) is 0 Å². The smallest absolute Gasteiger partial charge is 0.254 e. The average molecular weight is 1110 g/mol. The fourth-order valence-corrected chi connectivity index (χ4v) is 10.4. The lowest BCUT2D eigenvalue weighted by Crippen LogP contribution is -2.65. The molecule has 6 atom stereocenters. The molecule has 1 heterocycles. The van der Waals surface area contributed by atoms with Crippen molar-refractivity contribution < 1.29 is 47.5 Å². The van der Waals surface area contributed by atoms with Crippen LogP contribution in [0, 0.1) is 34.9 Å². The van der Waals surface area contributed by atoms with Crippen LogP contribution >= 0.6 is 0 Å². The Bertz CT molecular complexity index is 2280. The minimum Gasteiger partial charge on any atom is -0.350 e. The predicted molar refractivity (Wildman–Crippen MR) is 304 cm³/mol. The van der Waals surface area contributed by atoms with E-state index in [0.717, 1.165) is 32.1 Å². The Morgan fingerprint density at radius 2 is 1.04 bits per heavy atom. The van der Waals surface area contributed by atoms with Gasteiger partial charge in [-0.15, -0.1) is 0 Å². The van der Waals surface area contributed by atoms with Gasteiger partial charge in [0.2, 0.25) is 47.3 Å². The quantitative estimate of drug-likeness (QED) is 0.0541. The van der Waals surface area contributed by atoms with E-state index < -0.39 is 111 Å². The maximum Gasteiger partial charge on any atom is 0.254 e. The van der Waals surface area contributed by atoms with Crippen LogP contribution in [0.3, 0.4) is 0 Å². The Balaban J connectivity index is 1.81. The minimum atomic E-state index is -1.64. The van der Waals surface area contributed by atoms with Crippen LogP contribution in [0.5, 0.6) is 0 Å². The highest BCUT2D eigenvalue weighted by Crippen LogP contribution is 2.37. The molecule has 1 aromatic rings. The third-order valence-corrected chi connectivity index (χ3v) is 14.9. The number of hydrogen-bond donors (Lipinski definition) is 8. The van der Waals surface area contributed by atoms with Crippen LogP contribution in [0.15, 0.2) is 24.3 Å². The van der Waals surface area contributed by atoms with Crippen LogP contribution in [0.4, 0.5) is 4.39 Å². The summed E-state index contributed by atoms with van der Waals surface area (Å²) in [6.07, 6.45) is 7.24. The molecule has 0 bridgehead atoms. The van der Waals surface area contributed by atoms with Crippen molar-refractivity contribution >= 4 is 53.2 Å². The van der Waals surface area contributed by atoms with Crippen molar-refractivity contribution in [2.24, 2.45) is 29.1 Å². The molecule has 1 aromatic carbocycles. The molecule has 0 radical (unpaired) electrons. The molecule has 8 N–H and O–H groups in total. The first-order chi connectivity index (χ1) is 36.5. The number of likely N-dealkylation sites (N-methyl/N-ethyl adjacent to an activating group) is 1. The standard InChI is InChI=1S/C59H99FN10O9/c1-35(2)31-43(48(72)64-45(33-37(5)6)50(74)67-59(14,15)55(79)68-58(12,13)53(77)61-38(7)34-69(16)17)65-54(78)57(10,11)66-49(73)44(32-36(3)4)63-47(71)42(28-23-39-21-19-18-20-22-39)62-51(75)46-56(8,9)29-30-70(46)52(76)40-24-26-41(60)27-25-40/h24-27,35-39,42-46H,18-23,28-34H2,1-17H3,(H,61,77)(H,62,75)(H,63,71)(H,64,72)(H,65,78)(H,66,73)(H,67,74)(H,68,79)/t38-,42-,43-,44-,45-,46+/m0/s1. The molecule has 9 amide bonds. The number of likely N-dealkylation sites (tertiary alicyclic amines) is 1. The van der Waals surface area contributed by atoms with E-state index in [1.807, 2.05) is 81.3 Å². The molecule has 3 rings (SSSR count). The maximum absolute atomic E-state index is 14.6. The lowest BCUT2D eigenvalue weighted by molar-refractivity contribution is -0.139. The summed E-state index contributed by atoms with van der Waals surface area (Å²) in [6.45, 7) is 26.8. The van der Waals surface area contributed by atoms with Crippen molar-refractivity contribution in [2.45, 2.75) is 227 Å². The largest absolute Gasteiger partial charge is 0.350 e. The van der Waals surface area contributed by atoms with Gasteiger partial charge in [-0.3, -0.25) is 43.2 Å². The summed E-state index contributed by atoms with van der Waals surface area (Å²) in [5.41, 5.74) is -4.95. The van der Waals surface area contributed by atoms with Crippen molar-refractivity contribution in [2.75, 3.05) is 27.2 Å². The van der Waals surface area contributed by atoms with E-state index in [4.69, 9.17) is 0 Å². The van der Waals surface area contributed by atoms with Gasteiger partial charge in [0.1, 0.15) is 52.6 Å². The van der Waals surface area contributed by atoms with E-state index in [-0.39, 0.29) is 61.6 Å². The molecule has 2 fully saturated rings. The molecule has 19 nitrogen and oxygen atoms in total. The minimum absolute atomic E-state index is 0.0933. The summed E-state index contributed by atoms with van der Waals surface area (Å²) in [5, 5.41) is 22.7. The number of carbonyl (C=O) groups is 9. The van der Waals surface area contributed by atoms with E-state index in [1.165, 1.54) is 56.9 Å². The van der Waals surface area contributed by atoms with Crippen LogP contribution in [-0.2, 0) is 38.4 Å². The number of hydrogen-bond acceptors (Lipinski definition) is 10. The van der Waals surface area contributed by atoms with Gasteiger partial charge in [-0.1, -0.05) is 87.5 Å². The van der Waals surface area contributed by atoms with E-state index in [0.29, 0.717) is 25.3 Å². The van der Waals surface area contributed by atoms with Gasteiger partial charge in [-0.25, -0.2) is 4.39 Å². The van der Waals surface area contributed by atoms with Crippen molar-refractivity contribution in [3.8, 4) is 0 Å². The second kappa shape index (κ2) is 29.2. The lowest BCUT2D eigenvalue weighted by Gasteiger charge is -2.34. The van der Waals surface area contributed by atoms with Gasteiger partial charge in [0.15, 0.2) is 0 Å². The Kier molecular flexibility index (Phi) is 25.0. The van der Waals surface area contributed by atoms with Gasteiger partial charge < -0.3 is 52.3 Å². The van der Waals surface area contributed by atoms with Crippen LogP contribution < -0.4 is 42.5 Å². The first-order valence-electron chi connectivity index (χ1n) is 28.7. The topological polar surface area (TPSA) is 256 Å². The summed E-state index contributed by atoms with van der Waals surface area (Å²) in [7, 11) is 3.76. The molecule has 0 aromatic heterocycles. The van der Waals surface area contributed by atoms with E-state index in [9.17, 15) is 47.5 Å². The van der Waals surface area contributed by atoms with E-state index in [2.05, 4.69) is 42.5 Å². The van der Waals surface area contributed by atoms with E-state index >= 15 is 0 Å². The molecule has 0 unspecified atom stereocenters. The number of nitrogens with zero attached hydrogens (tertiary/aromatic N) is 2. The van der Waals surface area contributed by atoms with Crippen molar-refractivity contribution in [3.63, 3.8) is 0 Å². The van der Waals surface area contributed by atoms with Gasteiger partial charge in [-0.05, 0) is 154 Å². The van der Waals surface area contributed by atoms with Gasteiger partial charge in [0.25, 0.3) is 5.91 Å². The molecular weight excluding hydrogens is 1010 g/mol. The van der Waals surface area contributed by atoms with Gasteiger partial charge in [0, 0.05) is 24.7 Å². The monoisotopic (exact) mass is 1110 g/mol. The fraction of sp³-hybridized carbons (Fsp3) is 0.746. The third-order valence-electron chi connectivity index (χ3n) is 14.9. The number of carbonyl (C=O) groups excluding carboxylic acids is 9. The SMILES string of the molecule is CC(C)C[C@H](NC(=O)[C@H](CCC1CCCCC1)NC(=O)[C@H]1N(C(=O)c2ccc(F)cc2)CCC1(C)C)C(=O)NC(C)(C)C(=O)N[C@@H](CC(C)C)C(=O)N[C@@H](CC(C)C)C(=O)NC(C)(C)C(=O)NC(C)(C)C(=O)N[C@@H](C)CN(C)C. The molecule has 1 saturated heterocycles. The molecule has 20 heteroatoms. The fourth-order valence-electron chi connectivity index (χ4n) is 10.4. The van der Waals surface area contributed by atoms with Gasteiger partial charge >= 0.3 is 0 Å². The zero-order valence-electron chi connectivity index (χ0n) is 50.7. The molecule has 2 aliphatic rings. The van der Waals surface area contributed by atoms with Crippen LogP contribution in [-0.4, -0.2) is 143 Å². The Morgan fingerprint density at radius 3 is 1.52 bits per heavy atom. The summed E-state index contributed by atoms with van der Waals surface area (Å²) in [6, 6.07) is -0.517. The highest BCUT2D eigenvalue weighted by Gasteiger charge is 2.48. The van der Waals surface area contributed by atoms with Gasteiger partial charge in [-0.2, -0.15) is 0 Å². The van der Waals surface area contributed by atoms with Crippen molar-refractivity contribution in [3.05, 3.63) is 35.6 Å². The zero-order chi connectivity index (χ0) is 60.0. The number of benzene rings is 1. The third kappa shape index (κ3) is 21.1. The Hall–Kier alpha value is -5.66. The normalized spacial score (nSPS) is 18.0. The molecule has 1 saturated carbocycles.